The number of carboxylic acid groups (broad SMARTS) is 1. The molecule has 0 bridgehead atoms. The van der Waals surface area contributed by atoms with Crippen molar-refractivity contribution in [1.29, 1.82) is 0 Å². The van der Waals surface area contributed by atoms with E-state index in [1.54, 1.807) is 12.1 Å². The summed E-state index contributed by atoms with van der Waals surface area (Å²) in [5, 5.41) is 11.6. The summed E-state index contributed by atoms with van der Waals surface area (Å²) < 4.78 is 0. The van der Waals surface area contributed by atoms with E-state index in [0.717, 1.165) is 23.7 Å². The molecule has 0 atom stereocenters. The van der Waals surface area contributed by atoms with Crippen molar-refractivity contribution in [3.05, 3.63) is 41.0 Å². The van der Waals surface area contributed by atoms with Crippen molar-refractivity contribution in [2.24, 2.45) is 5.92 Å². The van der Waals surface area contributed by atoms with Gasteiger partial charge in [0.15, 0.2) is 0 Å². The zero-order chi connectivity index (χ0) is 14.5. The lowest BCUT2D eigenvalue weighted by atomic mass is 9.85. The van der Waals surface area contributed by atoms with Crippen LogP contribution < -0.4 is 5.32 Å². The van der Waals surface area contributed by atoms with Crippen LogP contribution in [0.1, 0.15) is 40.7 Å². The highest BCUT2D eigenvalue weighted by Crippen LogP contribution is 2.25. The molecule has 0 aromatic heterocycles. The molecule has 1 aliphatic rings. The third kappa shape index (κ3) is 3.70. The van der Waals surface area contributed by atoms with Crippen molar-refractivity contribution in [3.63, 3.8) is 0 Å². The average Bonchev–Trinajstić information content (AvgIpc) is 2.35. The van der Waals surface area contributed by atoms with Crippen molar-refractivity contribution in [3.8, 4) is 0 Å². The van der Waals surface area contributed by atoms with E-state index in [1.165, 1.54) is 25.3 Å². The monoisotopic (exact) mass is 273 g/mol. The van der Waals surface area contributed by atoms with Crippen LogP contribution in [0.4, 0.5) is 0 Å². The van der Waals surface area contributed by atoms with Gasteiger partial charge in [0.25, 0.3) is 5.91 Å². The van der Waals surface area contributed by atoms with Crippen LogP contribution >= 0.6 is 0 Å². The molecule has 4 nitrogen and oxygen atoms in total. The average molecular weight is 273 g/mol. The lowest BCUT2D eigenvalue weighted by Crippen LogP contribution is -2.32. The van der Waals surface area contributed by atoms with E-state index in [9.17, 15) is 9.59 Å². The molecule has 2 N–H and O–H groups in total. The summed E-state index contributed by atoms with van der Waals surface area (Å²) in [5.41, 5.74) is 2.27. The number of nitrogens with one attached hydrogen (secondary N) is 1. The fourth-order valence-electron chi connectivity index (χ4n) is 2.16. The van der Waals surface area contributed by atoms with Crippen LogP contribution in [0.15, 0.2) is 24.3 Å². The van der Waals surface area contributed by atoms with E-state index in [1.807, 2.05) is 13.0 Å². The molecule has 1 aliphatic carbocycles. The molecule has 1 saturated carbocycles. The molecule has 1 aromatic rings. The van der Waals surface area contributed by atoms with Gasteiger partial charge in [-0.1, -0.05) is 12.5 Å². The smallest absolute Gasteiger partial charge is 0.328 e. The first-order valence-electron chi connectivity index (χ1n) is 6.86. The Kier molecular flexibility index (Phi) is 4.56. The topological polar surface area (TPSA) is 66.4 Å². The number of hydrogen-bond acceptors (Lipinski definition) is 2. The van der Waals surface area contributed by atoms with Crippen molar-refractivity contribution >= 4 is 18.0 Å². The van der Waals surface area contributed by atoms with Gasteiger partial charge in [-0.3, -0.25) is 4.79 Å². The Hall–Kier alpha value is -2.10. The number of benzene rings is 1. The van der Waals surface area contributed by atoms with Gasteiger partial charge in [-0.15, -0.1) is 0 Å². The molecule has 2 rings (SSSR count). The van der Waals surface area contributed by atoms with E-state index in [-0.39, 0.29) is 5.91 Å². The summed E-state index contributed by atoms with van der Waals surface area (Å²) in [5.74, 6) is -0.470. The third-order valence-corrected chi connectivity index (χ3v) is 3.72. The summed E-state index contributed by atoms with van der Waals surface area (Å²) in [6.45, 7) is 2.62. The number of carboxylic acids is 1. The quantitative estimate of drug-likeness (QED) is 0.810. The Balaban J connectivity index is 2.05. The van der Waals surface area contributed by atoms with Crippen molar-refractivity contribution in [1.82, 2.24) is 5.32 Å². The van der Waals surface area contributed by atoms with Crippen LogP contribution in [0.2, 0.25) is 0 Å². The Bertz CT molecular complexity index is 545. The van der Waals surface area contributed by atoms with Crippen LogP contribution in [0.25, 0.3) is 6.08 Å². The van der Waals surface area contributed by atoms with E-state index in [0.29, 0.717) is 11.5 Å². The summed E-state index contributed by atoms with van der Waals surface area (Å²) in [6, 6.07) is 5.33. The second kappa shape index (κ2) is 6.37. The minimum absolute atomic E-state index is 0.0955. The van der Waals surface area contributed by atoms with Gasteiger partial charge in [0, 0.05) is 18.2 Å². The maximum absolute atomic E-state index is 12.0. The highest BCUT2D eigenvalue weighted by Gasteiger charge is 2.18. The van der Waals surface area contributed by atoms with Gasteiger partial charge in [0.1, 0.15) is 0 Å². The molecule has 1 amide bonds. The molecular weight excluding hydrogens is 254 g/mol. The van der Waals surface area contributed by atoms with Crippen molar-refractivity contribution in [2.45, 2.75) is 26.2 Å². The van der Waals surface area contributed by atoms with Crippen LogP contribution in [-0.4, -0.2) is 23.5 Å². The predicted molar refractivity (Wildman–Crippen MR) is 77.5 cm³/mol. The van der Waals surface area contributed by atoms with E-state index < -0.39 is 5.97 Å². The second-order valence-electron chi connectivity index (χ2n) is 5.25. The molecule has 0 unspecified atom stereocenters. The third-order valence-electron chi connectivity index (χ3n) is 3.72. The Morgan fingerprint density at radius 1 is 1.40 bits per heavy atom. The number of rotatable bonds is 5. The first-order valence-corrected chi connectivity index (χ1v) is 6.86. The summed E-state index contributed by atoms with van der Waals surface area (Å²) in [7, 11) is 0. The molecule has 1 fully saturated rings. The molecule has 0 aliphatic heterocycles. The number of amides is 1. The lowest BCUT2D eigenvalue weighted by molar-refractivity contribution is -0.131. The summed E-state index contributed by atoms with van der Waals surface area (Å²) in [4.78, 5) is 22.6. The fourth-order valence-corrected chi connectivity index (χ4v) is 2.16. The Morgan fingerprint density at radius 2 is 2.15 bits per heavy atom. The van der Waals surface area contributed by atoms with E-state index >= 15 is 0 Å². The van der Waals surface area contributed by atoms with Gasteiger partial charge in [0.2, 0.25) is 0 Å². The Morgan fingerprint density at radius 3 is 2.75 bits per heavy atom. The zero-order valence-corrected chi connectivity index (χ0v) is 11.6. The van der Waals surface area contributed by atoms with Gasteiger partial charge in [-0.05, 0) is 55.0 Å². The van der Waals surface area contributed by atoms with Gasteiger partial charge in [-0.2, -0.15) is 0 Å². The molecule has 0 spiro atoms. The molecule has 0 radical (unpaired) electrons. The molecule has 0 saturated heterocycles. The first-order chi connectivity index (χ1) is 9.56. The SMILES string of the molecule is Cc1ccc(C(=O)NCC2CCC2)cc1/C=C/C(=O)O. The highest BCUT2D eigenvalue weighted by molar-refractivity contribution is 5.95. The van der Waals surface area contributed by atoms with Crippen molar-refractivity contribution < 1.29 is 14.7 Å². The minimum atomic E-state index is -0.996. The maximum atomic E-state index is 12.0. The molecule has 1 aromatic carbocycles. The summed E-state index contributed by atoms with van der Waals surface area (Å²) >= 11 is 0. The molecule has 4 heteroatoms. The largest absolute Gasteiger partial charge is 0.478 e. The normalized spacial score (nSPS) is 15.1. The van der Waals surface area contributed by atoms with Crippen LogP contribution in [-0.2, 0) is 4.79 Å². The maximum Gasteiger partial charge on any atom is 0.328 e. The number of aryl methyl sites for hydroxylation is 1. The van der Waals surface area contributed by atoms with E-state index in [4.69, 9.17) is 5.11 Å². The first kappa shape index (κ1) is 14.3. The van der Waals surface area contributed by atoms with Crippen LogP contribution in [0.3, 0.4) is 0 Å². The molecule has 0 heterocycles. The van der Waals surface area contributed by atoms with Gasteiger partial charge < -0.3 is 10.4 Å². The second-order valence-corrected chi connectivity index (χ2v) is 5.25. The highest BCUT2D eigenvalue weighted by atomic mass is 16.4. The van der Waals surface area contributed by atoms with Crippen LogP contribution in [0, 0.1) is 12.8 Å². The van der Waals surface area contributed by atoms with E-state index in [2.05, 4.69) is 5.32 Å². The van der Waals surface area contributed by atoms with Crippen molar-refractivity contribution in [2.75, 3.05) is 6.54 Å². The predicted octanol–water partition coefficient (Wildman–Crippen LogP) is 2.62. The Labute approximate surface area is 118 Å². The number of aliphatic carboxylic acids is 1. The summed E-state index contributed by atoms with van der Waals surface area (Å²) in [6.07, 6.45) is 6.25. The number of carbonyl (C=O) groups excluding carboxylic acids is 1. The molecular formula is C16H19NO3. The lowest BCUT2D eigenvalue weighted by Gasteiger charge is -2.25. The standard InChI is InChI=1S/C16H19NO3/c1-11-5-6-14(9-13(11)7-8-15(18)19)16(20)17-10-12-3-2-4-12/h5-9,12H,2-4,10H2,1H3,(H,17,20)(H,18,19)/b8-7+. The fraction of sp³-hybridized carbons (Fsp3) is 0.375. The number of carbonyl (C=O) groups is 2. The van der Waals surface area contributed by atoms with Gasteiger partial charge in [0.05, 0.1) is 0 Å². The molecule has 106 valence electrons. The van der Waals surface area contributed by atoms with Gasteiger partial charge in [-0.25, -0.2) is 4.79 Å². The minimum Gasteiger partial charge on any atom is -0.478 e. The van der Waals surface area contributed by atoms with Crippen LogP contribution in [0.5, 0.6) is 0 Å². The number of hydrogen-bond donors (Lipinski definition) is 2. The van der Waals surface area contributed by atoms with Gasteiger partial charge >= 0.3 is 5.97 Å². The molecule has 20 heavy (non-hydrogen) atoms. The zero-order valence-electron chi connectivity index (χ0n) is 11.6.